The van der Waals surface area contributed by atoms with E-state index in [1.165, 1.54) is 12.1 Å². The third-order valence-electron chi connectivity index (χ3n) is 2.05. The van der Waals surface area contributed by atoms with Crippen LogP contribution >= 0.6 is 15.9 Å². The van der Waals surface area contributed by atoms with Crippen LogP contribution < -0.4 is 10.5 Å². The van der Waals surface area contributed by atoms with Gasteiger partial charge in [0.15, 0.2) is 6.61 Å². The van der Waals surface area contributed by atoms with Crippen molar-refractivity contribution in [3.8, 4) is 5.75 Å². The zero-order valence-electron chi connectivity index (χ0n) is 9.21. The number of carbonyl (C=O) groups is 1. The Balaban J connectivity index is 2.55. The fourth-order valence-electron chi connectivity index (χ4n) is 1.19. The summed E-state index contributed by atoms with van der Waals surface area (Å²) in [6.07, 6.45) is -3.99. The lowest BCUT2D eigenvalue weighted by Crippen LogP contribution is -2.24. The molecule has 1 aromatic carbocycles. The van der Waals surface area contributed by atoms with E-state index in [1.54, 1.807) is 12.1 Å². The third-order valence-corrected chi connectivity index (χ3v) is 2.82. The number of nitrogens with two attached hydrogens (primary N) is 1. The second-order valence-electron chi connectivity index (χ2n) is 3.62. The Morgan fingerprint density at radius 3 is 2.33 bits per heavy atom. The summed E-state index contributed by atoms with van der Waals surface area (Å²) < 4.78 is 40.2. The minimum atomic E-state index is -4.36. The predicted molar refractivity (Wildman–Crippen MR) is 63.6 cm³/mol. The molecule has 0 aliphatic carbocycles. The van der Waals surface area contributed by atoms with Crippen LogP contribution in [0.3, 0.4) is 0 Å². The molecule has 1 amide bonds. The van der Waals surface area contributed by atoms with E-state index < -0.39 is 23.5 Å². The molecule has 1 aromatic rings. The Labute approximate surface area is 110 Å². The van der Waals surface area contributed by atoms with Gasteiger partial charge in [-0.3, -0.25) is 4.79 Å². The van der Waals surface area contributed by atoms with E-state index in [0.29, 0.717) is 6.42 Å². The second kappa shape index (κ2) is 6.08. The summed E-state index contributed by atoms with van der Waals surface area (Å²) in [6, 6.07) is 6.01. The van der Waals surface area contributed by atoms with Gasteiger partial charge < -0.3 is 10.5 Å². The summed E-state index contributed by atoms with van der Waals surface area (Å²) in [5.41, 5.74) is 5.85. The number of benzene rings is 1. The molecule has 0 aromatic heterocycles. The lowest BCUT2D eigenvalue weighted by molar-refractivity contribution is -0.153. The molecule has 3 nitrogen and oxygen atoms in total. The van der Waals surface area contributed by atoms with E-state index >= 15 is 0 Å². The molecule has 0 bridgehead atoms. The third kappa shape index (κ3) is 5.39. The number of carbonyl (C=O) groups excluding carboxylic acids is 1. The number of hydrogen-bond acceptors (Lipinski definition) is 2. The first kappa shape index (κ1) is 14.8. The van der Waals surface area contributed by atoms with Crippen molar-refractivity contribution in [1.29, 1.82) is 0 Å². The first-order valence-corrected chi connectivity index (χ1v) is 5.91. The number of amides is 1. The molecular weight excluding hydrogens is 315 g/mol. The quantitative estimate of drug-likeness (QED) is 0.845. The van der Waals surface area contributed by atoms with E-state index in [9.17, 15) is 18.0 Å². The van der Waals surface area contributed by atoms with Crippen molar-refractivity contribution in [3.63, 3.8) is 0 Å². The van der Waals surface area contributed by atoms with Crippen molar-refractivity contribution in [1.82, 2.24) is 0 Å². The molecule has 1 atom stereocenters. The van der Waals surface area contributed by atoms with Crippen molar-refractivity contribution < 1.29 is 22.7 Å². The van der Waals surface area contributed by atoms with Crippen molar-refractivity contribution >= 4 is 21.8 Å². The number of halogens is 4. The highest BCUT2D eigenvalue weighted by atomic mass is 79.9. The lowest BCUT2D eigenvalue weighted by atomic mass is 10.1. The summed E-state index contributed by atoms with van der Waals surface area (Å²) in [5, 5.41) is 0. The molecule has 18 heavy (non-hydrogen) atoms. The fourth-order valence-corrected chi connectivity index (χ4v) is 1.57. The van der Waals surface area contributed by atoms with Crippen LogP contribution in [-0.2, 0) is 11.2 Å². The Bertz CT molecular complexity index is 406. The van der Waals surface area contributed by atoms with Crippen LogP contribution in [-0.4, -0.2) is 23.5 Å². The number of ether oxygens (including phenoxy) is 1. The maximum absolute atomic E-state index is 11.9. The van der Waals surface area contributed by atoms with Gasteiger partial charge in [-0.1, -0.05) is 28.1 Å². The van der Waals surface area contributed by atoms with E-state index in [2.05, 4.69) is 20.7 Å². The largest absolute Gasteiger partial charge is 0.484 e. The SMILES string of the molecule is NC(=O)C(Br)Cc1ccc(OCC(F)(F)F)cc1. The lowest BCUT2D eigenvalue weighted by Gasteiger charge is -2.10. The molecule has 7 heteroatoms. The van der Waals surface area contributed by atoms with E-state index in [-0.39, 0.29) is 5.75 Å². The molecule has 0 aliphatic rings. The maximum atomic E-state index is 11.9. The zero-order valence-corrected chi connectivity index (χ0v) is 10.8. The molecular formula is C11H11BrF3NO2. The van der Waals surface area contributed by atoms with Crippen molar-refractivity contribution in [3.05, 3.63) is 29.8 Å². The van der Waals surface area contributed by atoms with Gasteiger partial charge in [-0.15, -0.1) is 0 Å². The van der Waals surface area contributed by atoms with Gasteiger partial charge in [-0.05, 0) is 24.1 Å². The minimum absolute atomic E-state index is 0.126. The van der Waals surface area contributed by atoms with Gasteiger partial charge >= 0.3 is 6.18 Å². The Morgan fingerprint density at radius 1 is 1.33 bits per heavy atom. The first-order chi connectivity index (χ1) is 8.28. The zero-order chi connectivity index (χ0) is 13.8. The highest BCUT2D eigenvalue weighted by molar-refractivity contribution is 9.10. The average molecular weight is 326 g/mol. The van der Waals surface area contributed by atoms with E-state index in [0.717, 1.165) is 5.56 Å². The Hall–Kier alpha value is -1.24. The molecule has 0 aliphatic heterocycles. The number of primary amides is 1. The summed E-state index contributed by atoms with van der Waals surface area (Å²) in [5.74, 6) is -0.367. The van der Waals surface area contributed by atoms with Gasteiger partial charge in [0.1, 0.15) is 5.75 Å². The first-order valence-electron chi connectivity index (χ1n) is 5.00. The van der Waals surface area contributed by atoms with Gasteiger partial charge in [0.2, 0.25) is 5.91 Å². The fraction of sp³-hybridized carbons (Fsp3) is 0.364. The topological polar surface area (TPSA) is 52.3 Å². The Morgan fingerprint density at radius 2 is 1.89 bits per heavy atom. The Kier molecular flexibility index (Phi) is 5.01. The van der Waals surface area contributed by atoms with Crippen molar-refractivity contribution in [2.75, 3.05) is 6.61 Å². The molecule has 0 saturated heterocycles. The van der Waals surface area contributed by atoms with Crippen LogP contribution in [0, 0.1) is 0 Å². The van der Waals surface area contributed by atoms with E-state index in [4.69, 9.17) is 5.73 Å². The average Bonchev–Trinajstić information content (AvgIpc) is 2.27. The summed E-state index contributed by atoms with van der Waals surface area (Å²) >= 11 is 3.10. The van der Waals surface area contributed by atoms with Crippen LogP contribution in [0.5, 0.6) is 5.75 Å². The van der Waals surface area contributed by atoms with Gasteiger partial charge in [0.25, 0.3) is 0 Å². The van der Waals surface area contributed by atoms with Gasteiger partial charge in [0, 0.05) is 0 Å². The predicted octanol–water partition coefficient (Wildman–Crippen LogP) is 2.42. The summed E-state index contributed by atoms with van der Waals surface area (Å²) in [4.78, 5) is 10.3. The standard InChI is InChI=1S/C11H11BrF3NO2/c12-9(10(16)17)5-7-1-3-8(4-2-7)18-6-11(13,14)15/h1-4,9H,5-6H2,(H2,16,17). The van der Waals surface area contributed by atoms with Gasteiger partial charge in [0.05, 0.1) is 4.83 Å². The van der Waals surface area contributed by atoms with Crippen molar-refractivity contribution in [2.45, 2.75) is 17.4 Å². The second-order valence-corrected chi connectivity index (χ2v) is 4.73. The summed E-state index contributed by atoms with van der Waals surface area (Å²) in [7, 11) is 0. The monoisotopic (exact) mass is 325 g/mol. The molecule has 0 radical (unpaired) electrons. The van der Waals surface area contributed by atoms with Crippen LogP contribution in [0.15, 0.2) is 24.3 Å². The molecule has 0 fully saturated rings. The maximum Gasteiger partial charge on any atom is 0.422 e. The highest BCUT2D eigenvalue weighted by Crippen LogP contribution is 2.19. The van der Waals surface area contributed by atoms with Gasteiger partial charge in [-0.25, -0.2) is 0 Å². The molecule has 1 rings (SSSR count). The smallest absolute Gasteiger partial charge is 0.422 e. The minimum Gasteiger partial charge on any atom is -0.484 e. The normalized spacial score (nSPS) is 13.1. The molecule has 1 unspecified atom stereocenters. The van der Waals surface area contributed by atoms with Crippen LogP contribution in [0.25, 0.3) is 0 Å². The number of alkyl halides is 4. The van der Waals surface area contributed by atoms with E-state index in [1.807, 2.05) is 0 Å². The van der Waals surface area contributed by atoms with Crippen LogP contribution in [0.1, 0.15) is 5.56 Å². The molecule has 0 saturated carbocycles. The van der Waals surface area contributed by atoms with Crippen LogP contribution in [0.4, 0.5) is 13.2 Å². The summed E-state index contributed by atoms with van der Waals surface area (Å²) in [6.45, 7) is -1.32. The van der Waals surface area contributed by atoms with Gasteiger partial charge in [-0.2, -0.15) is 13.2 Å². The molecule has 100 valence electrons. The van der Waals surface area contributed by atoms with Crippen LogP contribution in [0.2, 0.25) is 0 Å². The molecule has 0 spiro atoms. The number of rotatable bonds is 5. The highest BCUT2D eigenvalue weighted by Gasteiger charge is 2.28. The molecule has 2 N–H and O–H groups in total. The van der Waals surface area contributed by atoms with Crippen molar-refractivity contribution in [2.24, 2.45) is 5.73 Å². The molecule has 0 heterocycles. The number of hydrogen-bond donors (Lipinski definition) is 1.